The molecule has 3 aliphatic heterocycles. The average molecular weight is 459 g/mol. The Morgan fingerprint density at radius 2 is 1.97 bits per heavy atom. The van der Waals surface area contributed by atoms with Crippen LogP contribution in [0.1, 0.15) is 56.6 Å². The van der Waals surface area contributed by atoms with Crippen molar-refractivity contribution in [2.75, 3.05) is 0 Å². The second-order valence-corrected chi connectivity index (χ2v) is 9.34. The Morgan fingerprint density at radius 1 is 1.18 bits per heavy atom. The Hall–Kier alpha value is -2.27. The maximum Gasteiger partial charge on any atom is 1.00 e. The van der Waals surface area contributed by atoms with E-state index in [1.807, 2.05) is 18.2 Å². The predicted octanol–water partition coefficient (Wildman–Crippen LogP) is 1.55. The zero-order chi connectivity index (χ0) is 22.6. The first-order chi connectivity index (χ1) is 16.0. The van der Waals surface area contributed by atoms with Gasteiger partial charge in [0.1, 0.15) is 29.7 Å². The number of halogens is 2. The van der Waals surface area contributed by atoms with E-state index in [9.17, 15) is 13.6 Å². The van der Waals surface area contributed by atoms with Crippen molar-refractivity contribution in [2.45, 2.75) is 68.7 Å². The molecule has 5 aliphatic rings. The van der Waals surface area contributed by atoms with Crippen molar-refractivity contribution in [2.24, 2.45) is 9.98 Å². The van der Waals surface area contributed by atoms with Crippen LogP contribution in [0.4, 0.5) is 8.78 Å². The van der Waals surface area contributed by atoms with Gasteiger partial charge in [0.2, 0.25) is 5.91 Å². The Bertz CT molecular complexity index is 1090. The number of carbonyl (C=O) groups is 1. The molecule has 2 saturated heterocycles. The van der Waals surface area contributed by atoms with Gasteiger partial charge in [-0.2, -0.15) is 0 Å². The molecule has 1 aromatic rings. The number of aliphatic imine (C=N–C) groups is 2. The van der Waals surface area contributed by atoms with E-state index in [0.29, 0.717) is 37.5 Å². The number of carbonyl (C=O) groups excluding carboxylic acids is 1. The van der Waals surface area contributed by atoms with Gasteiger partial charge in [0.05, 0.1) is 11.8 Å². The van der Waals surface area contributed by atoms with Crippen LogP contribution in [0.5, 0.6) is 0 Å². The largest absolute Gasteiger partial charge is 1.00 e. The molecule has 6 nitrogen and oxygen atoms in total. The minimum absolute atomic E-state index is 0. The summed E-state index contributed by atoms with van der Waals surface area (Å²) in [7, 11) is 0. The number of ether oxygens (including phenoxy) is 2. The molecule has 0 aromatic heterocycles. The number of hydrogen-bond donors (Lipinski definition) is 0. The topological polar surface area (TPSA) is 63.5 Å². The van der Waals surface area contributed by atoms with E-state index >= 15 is 0 Å². The van der Waals surface area contributed by atoms with Crippen molar-refractivity contribution < 1.29 is 41.9 Å². The number of hydrogen-bond acceptors (Lipinski definition) is 5. The molecule has 6 rings (SSSR count). The molecule has 3 fully saturated rings. The van der Waals surface area contributed by atoms with Gasteiger partial charge in [-0.25, -0.2) is 13.8 Å². The van der Waals surface area contributed by atoms with Crippen molar-refractivity contribution in [1.82, 2.24) is 4.90 Å². The van der Waals surface area contributed by atoms with E-state index in [4.69, 9.17) is 9.47 Å². The summed E-state index contributed by atoms with van der Waals surface area (Å²) in [5.74, 6) is -0.538. The Labute approximate surface area is 209 Å². The second kappa shape index (κ2) is 9.07. The molecule has 3 heterocycles. The molecular weight excluding hydrogens is 435 g/mol. The van der Waals surface area contributed by atoms with Crippen molar-refractivity contribution in [3.8, 4) is 0 Å². The van der Waals surface area contributed by atoms with Crippen LogP contribution in [0.25, 0.3) is 0 Å². The summed E-state index contributed by atoms with van der Waals surface area (Å²) in [6.07, 6.45) is 12.6. The number of fused-ring (bicyclic) bond motifs is 3. The molecule has 2 atom stereocenters. The first-order valence-electron chi connectivity index (χ1n) is 11.5. The quantitative estimate of drug-likeness (QED) is 0.509. The second-order valence-electron chi connectivity index (χ2n) is 9.34. The summed E-state index contributed by atoms with van der Waals surface area (Å²) in [5.41, 5.74) is 0.559. The fourth-order valence-corrected chi connectivity index (χ4v) is 5.43. The first-order valence-corrected chi connectivity index (χ1v) is 11.5. The van der Waals surface area contributed by atoms with Crippen molar-refractivity contribution in [3.05, 3.63) is 65.6 Å². The van der Waals surface area contributed by atoms with Gasteiger partial charge < -0.3 is 14.4 Å². The summed E-state index contributed by atoms with van der Waals surface area (Å²) in [5, 5.41) is 0. The molecule has 1 unspecified atom stereocenters. The SMILES string of the molecule is O=C1N2[C-](CC[C@H]2c2cc(F)cc(F)c2)OC12CC(O/C1=C/C=C\C3=NC=NC(CC1)C3)C2.[Li+]. The van der Waals surface area contributed by atoms with Crippen molar-refractivity contribution in [3.63, 3.8) is 0 Å². The van der Waals surface area contributed by atoms with Gasteiger partial charge in [0.25, 0.3) is 0 Å². The van der Waals surface area contributed by atoms with E-state index in [-0.39, 0.29) is 36.9 Å². The minimum Gasteiger partial charge on any atom is -0.516 e. The average Bonchev–Trinajstić information content (AvgIpc) is 3.30. The van der Waals surface area contributed by atoms with Gasteiger partial charge in [-0.3, -0.25) is 9.79 Å². The smallest absolute Gasteiger partial charge is 0.516 e. The summed E-state index contributed by atoms with van der Waals surface area (Å²) in [6.45, 7) is 0. The van der Waals surface area contributed by atoms with Crippen LogP contribution < -0.4 is 18.9 Å². The zero-order valence-corrected chi connectivity index (χ0v) is 19.0. The molecule has 2 aliphatic carbocycles. The molecule has 0 N–H and O–H groups in total. The molecule has 172 valence electrons. The van der Waals surface area contributed by atoms with Gasteiger partial charge in [-0.1, -0.05) is 12.5 Å². The molecule has 1 spiro atoms. The fraction of sp³-hybridized carbons (Fsp3) is 0.440. The normalized spacial score (nSPS) is 34.7. The van der Waals surface area contributed by atoms with Gasteiger partial charge in [-0.05, 0) is 36.3 Å². The Morgan fingerprint density at radius 3 is 2.76 bits per heavy atom. The van der Waals surface area contributed by atoms with Crippen LogP contribution in [0.3, 0.4) is 0 Å². The molecular formula is C25H24F2LiN3O3. The van der Waals surface area contributed by atoms with Crippen LogP contribution in [0.2, 0.25) is 0 Å². The number of allylic oxidation sites excluding steroid dienone is 4. The Balaban J connectivity index is 0.00000241. The first kappa shape index (κ1) is 23.5. The predicted molar refractivity (Wildman–Crippen MR) is 117 cm³/mol. The van der Waals surface area contributed by atoms with Gasteiger partial charge in [0.15, 0.2) is 0 Å². The molecule has 1 saturated carbocycles. The monoisotopic (exact) mass is 459 g/mol. The van der Waals surface area contributed by atoms with Crippen molar-refractivity contribution >= 4 is 18.0 Å². The molecule has 2 bridgehead atoms. The van der Waals surface area contributed by atoms with Gasteiger partial charge in [0, 0.05) is 43.5 Å². The fourth-order valence-electron chi connectivity index (χ4n) is 5.43. The minimum atomic E-state index is -0.922. The van der Waals surface area contributed by atoms with Crippen LogP contribution in [0, 0.1) is 17.9 Å². The molecule has 0 radical (unpaired) electrons. The van der Waals surface area contributed by atoms with Gasteiger partial charge >= 0.3 is 18.9 Å². The number of rotatable bonds is 3. The van der Waals surface area contributed by atoms with E-state index in [1.165, 1.54) is 12.1 Å². The van der Waals surface area contributed by atoms with Crippen LogP contribution >= 0.6 is 0 Å². The van der Waals surface area contributed by atoms with Crippen molar-refractivity contribution in [1.29, 1.82) is 0 Å². The van der Waals surface area contributed by atoms with Crippen LogP contribution in [-0.2, 0) is 14.3 Å². The number of benzene rings is 1. The van der Waals surface area contributed by atoms with Gasteiger partial charge in [-0.15, -0.1) is 12.6 Å². The molecule has 34 heavy (non-hydrogen) atoms. The summed E-state index contributed by atoms with van der Waals surface area (Å²) in [4.78, 5) is 23.7. The molecule has 1 aromatic carbocycles. The zero-order valence-electron chi connectivity index (χ0n) is 19.0. The standard InChI is InChI=1S/C25H24F2N3O3.Li/c26-16-8-15(9-17(27)10-16)22-6-7-23-30(22)24(31)25(33-23)12-21(13-25)32-20-3-1-2-18-11-19(4-5-20)29-14-28-18;/h1-3,8-10,14,19,21-22H,4-7,11-13H2;/q-1;+1/b2-1-,20-3+;/t19?,21?,22-,25?;/m0./s1. The van der Waals surface area contributed by atoms with E-state index in [1.54, 1.807) is 11.2 Å². The van der Waals surface area contributed by atoms with Crippen LogP contribution in [-0.4, -0.2) is 40.6 Å². The summed E-state index contributed by atoms with van der Waals surface area (Å²) in [6, 6.07) is 3.25. The number of amides is 1. The molecule has 9 heteroatoms. The van der Waals surface area contributed by atoms with E-state index in [0.717, 1.165) is 36.8 Å². The Kier molecular flexibility index (Phi) is 6.26. The third kappa shape index (κ3) is 4.17. The maximum absolute atomic E-state index is 13.8. The third-order valence-corrected chi connectivity index (χ3v) is 7.08. The summed E-state index contributed by atoms with van der Waals surface area (Å²) >= 11 is 0. The maximum atomic E-state index is 13.8. The third-order valence-electron chi connectivity index (χ3n) is 7.08. The summed E-state index contributed by atoms with van der Waals surface area (Å²) < 4.78 is 39.9. The number of nitrogens with zero attached hydrogens (tertiary/aromatic N) is 3. The van der Waals surface area contributed by atoms with E-state index in [2.05, 4.69) is 9.98 Å². The van der Waals surface area contributed by atoms with E-state index < -0.39 is 23.3 Å². The van der Waals surface area contributed by atoms with Crippen LogP contribution in [0.15, 0.2) is 52.2 Å². The molecule has 1 amide bonds.